The maximum Gasteiger partial charge on any atom is 0.165 e. The largest absolute Gasteiger partial charge is 0.393 e. The van der Waals surface area contributed by atoms with Crippen LogP contribution in [0.3, 0.4) is 0 Å². The Morgan fingerprint density at radius 3 is 1.91 bits per heavy atom. The van der Waals surface area contributed by atoms with Gasteiger partial charge < -0.3 is 20.4 Å². The van der Waals surface area contributed by atoms with E-state index in [1.54, 1.807) is 18.2 Å². The minimum atomic E-state index is -1.10. The summed E-state index contributed by atoms with van der Waals surface area (Å²) < 4.78 is 0. The molecule has 5 nitrogen and oxygen atoms in total. The van der Waals surface area contributed by atoms with Crippen LogP contribution in [0, 0.1) is 10.8 Å². The number of carbonyl (C=O) groups excluding carboxylic acids is 1. The molecule has 0 spiro atoms. The van der Waals surface area contributed by atoms with Crippen LogP contribution < -0.4 is 0 Å². The lowest BCUT2D eigenvalue weighted by Gasteiger charge is -2.46. The summed E-state index contributed by atoms with van der Waals surface area (Å²) in [5.74, 6) is -0.0873. The molecule has 0 aromatic carbocycles. The van der Waals surface area contributed by atoms with Gasteiger partial charge in [0.25, 0.3) is 0 Å². The van der Waals surface area contributed by atoms with Gasteiger partial charge in [0.2, 0.25) is 0 Å². The van der Waals surface area contributed by atoms with E-state index >= 15 is 0 Å². The molecule has 3 atom stereocenters. The van der Waals surface area contributed by atoms with Crippen molar-refractivity contribution < 1.29 is 25.2 Å². The fourth-order valence-electron chi connectivity index (χ4n) is 6.28. The molecule has 0 unspecified atom stereocenters. The molecule has 4 N–H and O–H groups in total. The van der Waals surface area contributed by atoms with Gasteiger partial charge in [-0.3, -0.25) is 4.79 Å². The fraction of sp³-hybridized carbons (Fsp3) is 0.475. The minimum Gasteiger partial charge on any atom is -0.393 e. The highest BCUT2D eigenvalue weighted by molar-refractivity contribution is 5.97. The van der Waals surface area contributed by atoms with Gasteiger partial charge in [-0.1, -0.05) is 128 Å². The number of allylic oxidation sites excluding steroid dienone is 15. The van der Waals surface area contributed by atoms with Crippen LogP contribution in [0.25, 0.3) is 0 Å². The topological polar surface area (TPSA) is 98.0 Å². The van der Waals surface area contributed by atoms with Gasteiger partial charge in [0.1, 0.15) is 5.60 Å². The molecule has 0 aromatic heterocycles. The van der Waals surface area contributed by atoms with Gasteiger partial charge in [0, 0.05) is 17.4 Å². The van der Waals surface area contributed by atoms with Crippen molar-refractivity contribution in [3.05, 3.63) is 118 Å². The summed E-state index contributed by atoms with van der Waals surface area (Å²) in [6.07, 6.45) is 25.9. The molecule has 0 heterocycles. The SMILES string of the molecule is CC1=C[C@H](O)CC(C)(C)[C@@]1(O)/C=C/C(C)=C/C=C/C(C)=C/C=C/C=C(C)/C=C/C=C(\CO)C(=O)CC1=C(C)C[C@@H](O)CC1(C)C. The Morgan fingerprint density at radius 1 is 0.844 bits per heavy atom. The molecule has 45 heavy (non-hydrogen) atoms. The summed E-state index contributed by atoms with van der Waals surface area (Å²) in [5, 5.41) is 41.3. The number of carbonyl (C=O) groups is 1. The third-order valence-corrected chi connectivity index (χ3v) is 9.07. The first kappa shape index (κ1) is 38.1. The smallest absolute Gasteiger partial charge is 0.165 e. The Labute approximate surface area is 271 Å². The molecule has 0 aromatic rings. The van der Waals surface area contributed by atoms with E-state index in [1.165, 1.54) is 0 Å². The fourth-order valence-corrected chi connectivity index (χ4v) is 6.28. The zero-order chi connectivity index (χ0) is 34.0. The molecule has 2 aliphatic carbocycles. The molecule has 2 aliphatic rings. The van der Waals surface area contributed by atoms with E-state index in [9.17, 15) is 25.2 Å². The summed E-state index contributed by atoms with van der Waals surface area (Å²) in [7, 11) is 0. The normalized spacial score (nSPS) is 27.0. The van der Waals surface area contributed by atoms with E-state index in [2.05, 4.69) is 13.8 Å². The highest BCUT2D eigenvalue weighted by Gasteiger charge is 2.46. The van der Waals surface area contributed by atoms with Crippen LogP contribution in [-0.4, -0.2) is 50.6 Å². The first-order valence-corrected chi connectivity index (χ1v) is 16.0. The molecule has 246 valence electrons. The van der Waals surface area contributed by atoms with Gasteiger partial charge in [-0.05, 0) is 70.9 Å². The molecular weight excluding hydrogens is 560 g/mol. The van der Waals surface area contributed by atoms with Crippen molar-refractivity contribution in [2.75, 3.05) is 6.61 Å². The van der Waals surface area contributed by atoms with Crippen molar-refractivity contribution in [1.82, 2.24) is 0 Å². The molecule has 2 rings (SSSR count). The molecule has 0 aliphatic heterocycles. The van der Waals surface area contributed by atoms with Gasteiger partial charge in [-0.25, -0.2) is 0 Å². The van der Waals surface area contributed by atoms with Crippen molar-refractivity contribution in [3.8, 4) is 0 Å². The van der Waals surface area contributed by atoms with Crippen LogP contribution in [0.5, 0.6) is 0 Å². The highest BCUT2D eigenvalue weighted by atomic mass is 16.3. The molecule has 0 fully saturated rings. The van der Waals surface area contributed by atoms with E-state index in [1.807, 2.05) is 109 Å². The van der Waals surface area contributed by atoms with Crippen LogP contribution >= 0.6 is 0 Å². The molecule has 0 amide bonds. The Morgan fingerprint density at radius 2 is 1.38 bits per heavy atom. The molecule has 0 radical (unpaired) electrons. The lowest BCUT2D eigenvalue weighted by Crippen LogP contribution is -2.48. The molecule has 0 bridgehead atoms. The van der Waals surface area contributed by atoms with E-state index < -0.39 is 17.1 Å². The second-order valence-corrected chi connectivity index (χ2v) is 14.1. The number of Topliss-reactive ketones (excluding diaryl/α,β-unsaturated/α-hetero) is 1. The predicted molar refractivity (Wildman–Crippen MR) is 187 cm³/mol. The van der Waals surface area contributed by atoms with Crippen LogP contribution in [-0.2, 0) is 4.79 Å². The van der Waals surface area contributed by atoms with Gasteiger partial charge in [0.15, 0.2) is 5.78 Å². The molecular formula is C40H56O5. The van der Waals surface area contributed by atoms with Crippen LogP contribution in [0.15, 0.2) is 118 Å². The van der Waals surface area contributed by atoms with Crippen LogP contribution in [0.1, 0.15) is 88.0 Å². The van der Waals surface area contributed by atoms with Gasteiger partial charge in [0.05, 0.1) is 18.8 Å². The monoisotopic (exact) mass is 616 g/mol. The van der Waals surface area contributed by atoms with Gasteiger partial charge >= 0.3 is 0 Å². The first-order chi connectivity index (χ1) is 20.9. The first-order valence-electron chi connectivity index (χ1n) is 16.0. The number of hydrogen-bond donors (Lipinski definition) is 4. The molecule has 0 saturated heterocycles. The highest BCUT2D eigenvalue weighted by Crippen LogP contribution is 2.45. The Balaban J connectivity index is 1.97. The van der Waals surface area contributed by atoms with Gasteiger partial charge in [-0.15, -0.1) is 0 Å². The lowest BCUT2D eigenvalue weighted by molar-refractivity contribution is -0.115. The third kappa shape index (κ3) is 11.0. The zero-order valence-corrected chi connectivity index (χ0v) is 28.9. The van der Waals surface area contributed by atoms with Crippen molar-refractivity contribution in [2.24, 2.45) is 10.8 Å². The number of aliphatic hydroxyl groups is 4. The molecule has 0 saturated carbocycles. The second kappa shape index (κ2) is 16.5. The number of hydrogen-bond acceptors (Lipinski definition) is 5. The van der Waals surface area contributed by atoms with Crippen LogP contribution in [0.2, 0.25) is 0 Å². The summed E-state index contributed by atoms with van der Waals surface area (Å²) in [6.45, 7) is 17.6. The Bertz CT molecular complexity index is 1380. The van der Waals surface area contributed by atoms with Crippen molar-refractivity contribution >= 4 is 5.78 Å². The average Bonchev–Trinajstić information content (AvgIpc) is 2.92. The summed E-state index contributed by atoms with van der Waals surface area (Å²) in [5.41, 5.74) is 4.55. The van der Waals surface area contributed by atoms with E-state index in [4.69, 9.17) is 0 Å². The Hall–Kier alpha value is -3.09. The van der Waals surface area contributed by atoms with Crippen LogP contribution in [0.4, 0.5) is 0 Å². The Kier molecular flexibility index (Phi) is 13.9. The summed E-state index contributed by atoms with van der Waals surface area (Å²) in [4.78, 5) is 13.0. The zero-order valence-electron chi connectivity index (χ0n) is 28.9. The van der Waals surface area contributed by atoms with E-state index in [0.717, 1.165) is 33.4 Å². The maximum atomic E-state index is 13.0. The number of rotatable bonds is 12. The van der Waals surface area contributed by atoms with E-state index in [0.29, 0.717) is 24.8 Å². The van der Waals surface area contributed by atoms with E-state index in [-0.39, 0.29) is 30.3 Å². The van der Waals surface area contributed by atoms with Gasteiger partial charge in [-0.2, -0.15) is 0 Å². The number of ketones is 1. The minimum absolute atomic E-state index is 0.0873. The predicted octanol–water partition coefficient (Wildman–Crippen LogP) is 7.89. The average molecular weight is 617 g/mol. The van der Waals surface area contributed by atoms with Crippen molar-refractivity contribution in [2.45, 2.75) is 106 Å². The summed E-state index contributed by atoms with van der Waals surface area (Å²) in [6, 6.07) is 0. The lowest BCUT2D eigenvalue weighted by atomic mass is 9.64. The summed E-state index contributed by atoms with van der Waals surface area (Å²) >= 11 is 0. The quantitative estimate of drug-likeness (QED) is 0.102. The van der Waals surface area contributed by atoms with Crippen molar-refractivity contribution in [3.63, 3.8) is 0 Å². The number of aliphatic hydroxyl groups excluding tert-OH is 3. The molecule has 5 heteroatoms. The van der Waals surface area contributed by atoms with Crippen molar-refractivity contribution in [1.29, 1.82) is 0 Å². The third-order valence-electron chi connectivity index (χ3n) is 9.07. The standard InChI is InChI=1S/C40H56O5/c1-28(16-12-17-30(3)20-21-40(45)32(5)23-35(43)26-39(40,8)9)14-10-11-15-29(2)18-13-19-33(27-41)37(44)24-36-31(4)22-34(42)25-38(36,6)7/h10-21,23,34-35,41-43,45H,22,24-27H2,1-9H3/b11-10+,16-12+,18-13+,21-20+,28-14+,29-15+,30-17+,33-19+/t34-,35+,40-/m1/s1. The second-order valence-electron chi connectivity index (χ2n) is 14.1. The maximum absolute atomic E-state index is 13.0.